The fraction of sp³-hybridized carbons (Fsp3) is 0.273. The van der Waals surface area contributed by atoms with Gasteiger partial charge in [-0.15, -0.1) is 0 Å². The minimum atomic E-state index is 0.713. The van der Waals surface area contributed by atoms with E-state index in [2.05, 4.69) is 37.2 Å². The number of rotatable bonds is 5. The summed E-state index contributed by atoms with van der Waals surface area (Å²) in [7, 11) is 0. The Morgan fingerprint density at radius 3 is 2.75 bits per heavy atom. The van der Waals surface area contributed by atoms with Crippen molar-refractivity contribution in [3.05, 3.63) is 45.1 Å². The number of furan rings is 2. The molecule has 5 heteroatoms. The second-order valence-electron chi connectivity index (χ2n) is 3.34. The van der Waals surface area contributed by atoms with E-state index >= 15 is 0 Å². The van der Waals surface area contributed by atoms with Crippen LogP contribution in [0.2, 0.25) is 0 Å². The molecule has 0 amide bonds. The lowest BCUT2D eigenvalue weighted by Gasteiger charge is -2.00. The summed E-state index contributed by atoms with van der Waals surface area (Å²) in [4.78, 5) is 0. The van der Waals surface area contributed by atoms with Gasteiger partial charge in [-0.25, -0.2) is 0 Å². The summed E-state index contributed by atoms with van der Waals surface area (Å²) in [5.41, 5.74) is 0. The third-order valence-corrected chi connectivity index (χ3v) is 3.83. The second-order valence-corrected chi connectivity index (χ2v) is 4.92. The molecule has 0 aliphatic rings. The number of hydrogen-bond donors (Lipinski definition) is 1. The van der Waals surface area contributed by atoms with Gasteiger partial charge in [0.15, 0.2) is 4.67 Å². The van der Waals surface area contributed by atoms with Gasteiger partial charge in [-0.05, 0) is 50.1 Å². The average molecular weight is 349 g/mol. The zero-order valence-corrected chi connectivity index (χ0v) is 11.7. The second kappa shape index (κ2) is 5.70. The smallest absolute Gasteiger partial charge is 0.183 e. The summed E-state index contributed by atoms with van der Waals surface area (Å²) in [5.74, 6) is 1.90. The predicted molar refractivity (Wildman–Crippen MR) is 68.2 cm³/mol. The molecule has 0 spiro atoms. The van der Waals surface area contributed by atoms with Crippen molar-refractivity contribution >= 4 is 31.9 Å². The van der Waals surface area contributed by atoms with Gasteiger partial charge >= 0.3 is 0 Å². The van der Waals surface area contributed by atoms with E-state index in [4.69, 9.17) is 8.83 Å². The van der Waals surface area contributed by atoms with Crippen molar-refractivity contribution in [2.24, 2.45) is 0 Å². The average Bonchev–Trinajstić information content (AvgIpc) is 2.85. The lowest BCUT2D eigenvalue weighted by Crippen LogP contribution is -2.15. The van der Waals surface area contributed by atoms with Crippen LogP contribution in [0.4, 0.5) is 0 Å². The summed E-state index contributed by atoms with van der Waals surface area (Å²) in [6, 6.07) is 5.82. The van der Waals surface area contributed by atoms with Crippen molar-refractivity contribution in [3.63, 3.8) is 0 Å². The lowest BCUT2D eigenvalue weighted by molar-refractivity contribution is 0.456. The summed E-state index contributed by atoms with van der Waals surface area (Å²) in [6.07, 6.45) is 2.58. The van der Waals surface area contributed by atoms with Crippen LogP contribution in [0.1, 0.15) is 11.5 Å². The third-order valence-electron chi connectivity index (χ3n) is 2.12. The fourth-order valence-electron chi connectivity index (χ4n) is 1.36. The van der Waals surface area contributed by atoms with Crippen LogP contribution in [0.15, 0.2) is 42.4 Å². The van der Waals surface area contributed by atoms with Crippen LogP contribution in [0.3, 0.4) is 0 Å². The Hall–Kier alpha value is -0.520. The molecule has 0 radical (unpaired) electrons. The van der Waals surface area contributed by atoms with Gasteiger partial charge in [0.25, 0.3) is 0 Å². The van der Waals surface area contributed by atoms with Crippen molar-refractivity contribution in [1.82, 2.24) is 5.32 Å². The van der Waals surface area contributed by atoms with Crippen molar-refractivity contribution in [2.45, 2.75) is 13.0 Å². The minimum absolute atomic E-state index is 0.713. The van der Waals surface area contributed by atoms with Crippen molar-refractivity contribution in [3.8, 4) is 0 Å². The SMILES string of the molecule is Brc1cc(CNCCc2ccco2)oc1Br. The molecule has 1 N–H and O–H groups in total. The van der Waals surface area contributed by atoms with E-state index in [-0.39, 0.29) is 0 Å². The van der Waals surface area contributed by atoms with Crippen molar-refractivity contribution in [2.75, 3.05) is 6.54 Å². The molecule has 0 aliphatic heterocycles. The molecule has 16 heavy (non-hydrogen) atoms. The Morgan fingerprint density at radius 1 is 1.25 bits per heavy atom. The van der Waals surface area contributed by atoms with Crippen LogP contribution in [0.25, 0.3) is 0 Å². The van der Waals surface area contributed by atoms with Crippen molar-refractivity contribution < 1.29 is 8.83 Å². The minimum Gasteiger partial charge on any atom is -0.469 e. The predicted octanol–water partition coefficient (Wildman–Crippen LogP) is 3.73. The topological polar surface area (TPSA) is 38.3 Å². The molecule has 3 nitrogen and oxygen atoms in total. The molecule has 0 saturated heterocycles. The summed E-state index contributed by atoms with van der Waals surface area (Å²) < 4.78 is 12.3. The molecule has 2 heterocycles. The first-order valence-corrected chi connectivity index (χ1v) is 6.51. The zero-order chi connectivity index (χ0) is 11.4. The molecular weight excluding hydrogens is 338 g/mol. The standard InChI is InChI=1S/C11H11Br2NO2/c12-10-6-9(16-11(10)13)7-14-4-3-8-2-1-5-15-8/h1-2,5-6,14H,3-4,7H2. The van der Waals surface area contributed by atoms with E-state index in [1.54, 1.807) is 6.26 Å². The van der Waals surface area contributed by atoms with Crippen LogP contribution < -0.4 is 5.32 Å². The maximum absolute atomic E-state index is 5.44. The molecule has 0 aromatic carbocycles. The van der Waals surface area contributed by atoms with Crippen LogP contribution in [-0.4, -0.2) is 6.54 Å². The van der Waals surface area contributed by atoms with Gasteiger partial charge in [0.2, 0.25) is 0 Å². The normalized spacial score (nSPS) is 10.9. The molecule has 2 rings (SSSR count). The molecular formula is C11H11Br2NO2. The van der Waals surface area contributed by atoms with Gasteiger partial charge in [-0.1, -0.05) is 0 Å². The molecule has 2 aromatic heterocycles. The first-order chi connectivity index (χ1) is 7.75. The Bertz CT molecular complexity index is 417. The number of hydrogen-bond acceptors (Lipinski definition) is 3. The summed E-state index contributed by atoms with van der Waals surface area (Å²) >= 11 is 6.67. The first-order valence-electron chi connectivity index (χ1n) is 4.92. The Balaban J connectivity index is 1.72. The first kappa shape index (κ1) is 12.0. The molecule has 0 unspecified atom stereocenters. The van der Waals surface area contributed by atoms with Gasteiger partial charge < -0.3 is 14.2 Å². The van der Waals surface area contributed by atoms with E-state index in [9.17, 15) is 0 Å². The highest BCUT2D eigenvalue weighted by molar-refractivity contribution is 9.13. The van der Waals surface area contributed by atoms with Gasteiger partial charge in [0, 0.05) is 13.0 Å². The highest BCUT2D eigenvalue weighted by Crippen LogP contribution is 2.26. The highest BCUT2D eigenvalue weighted by atomic mass is 79.9. The Kier molecular flexibility index (Phi) is 4.26. The van der Waals surface area contributed by atoms with E-state index in [0.29, 0.717) is 6.54 Å². The molecule has 86 valence electrons. The lowest BCUT2D eigenvalue weighted by atomic mass is 10.3. The highest BCUT2D eigenvalue weighted by Gasteiger charge is 2.05. The molecule has 0 atom stereocenters. The van der Waals surface area contributed by atoms with E-state index in [0.717, 1.165) is 33.6 Å². The van der Waals surface area contributed by atoms with E-state index in [1.807, 2.05) is 18.2 Å². The molecule has 0 saturated carbocycles. The Labute approximate surface area is 110 Å². The molecule has 0 bridgehead atoms. The van der Waals surface area contributed by atoms with Gasteiger partial charge in [-0.2, -0.15) is 0 Å². The van der Waals surface area contributed by atoms with E-state index in [1.165, 1.54) is 0 Å². The largest absolute Gasteiger partial charge is 0.469 e. The molecule has 2 aromatic rings. The van der Waals surface area contributed by atoms with Gasteiger partial charge in [-0.3, -0.25) is 0 Å². The van der Waals surface area contributed by atoms with E-state index < -0.39 is 0 Å². The third kappa shape index (κ3) is 3.23. The fourth-order valence-corrected chi connectivity index (χ4v) is 2.02. The van der Waals surface area contributed by atoms with Crippen LogP contribution in [0, 0.1) is 0 Å². The van der Waals surface area contributed by atoms with Crippen LogP contribution in [-0.2, 0) is 13.0 Å². The van der Waals surface area contributed by atoms with Crippen LogP contribution in [0.5, 0.6) is 0 Å². The quantitative estimate of drug-likeness (QED) is 0.836. The zero-order valence-electron chi connectivity index (χ0n) is 8.50. The monoisotopic (exact) mass is 347 g/mol. The summed E-state index contributed by atoms with van der Waals surface area (Å²) in [5, 5.41) is 3.29. The van der Waals surface area contributed by atoms with Crippen LogP contribution >= 0.6 is 31.9 Å². The maximum atomic E-state index is 5.44. The van der Waals surface area contributed by atoms with Gasteiger partial charge in [0.1, 0.15) is 11.5 Å². The van der Waals surface area contributed by atoms with Gasteiger partial charge in [0.05, 0.1) is 17.3 Å². The number of halogens is 2. The van der Waals surface area contributed by atoms with Crippen molar-refractivity contribution in [1.29, 1.82) is 0 Å². The molecule has 0 aliphatic carbocycles. The number of nitrogens with one attached hydrogen (secondary N) is 1. The summed E-state index contributed by atoms with van der Waals surface area (Å²) in [6.45, 7) is 1.58. The maximum Gasteiger partial charge on any atom is 0.183 e. The molecule has 0 fully saturated rings. The Morgan fingerprint density at radius 2 is 2.12 bits per heavy atom.